The summed E-state index contributed by atoms with van der Waals surface area (Å²) in [6, 6.07) is 16.5. The van der Waals surface area contributed by atoms with E-state index in [-0.39, 0.29) is 23.3 Å². The van der Waals surface area contributed by atoms with Gasteiger partial charge in [-0.25, -0.2) is 8.42 Å². The Morgan fingerprint density at radius 3 is 2.54 bits per heavy atom. The zero-order chi connectivity index (χ0) is 25.0. The molecule has 186 valence electrons. The minimum atomic E-state index is -3.67. The zero-order valence-electron chi connectivity index (χ0n) is 20.4. The van der Waals surface area contributed by atoms with Crippen LogP contribution in [0.3, 0.4) is 0 Å². The number of nitrogens with zero attached hydrogens (tertiary/aromatic N) is 3. The second-order valence-corrected chi connectivity index (χ2v) is 10.9. The summed E-state index contributed by atoms with van der Waals surface area (Å²) in [5, 5.41) is 7.52. The number of hydrogen-bond donors (Lipinski definition) is 1. The third-order valence-electron chi connectivity index (χ3n) is 6.35. The van der Waals surface area contributed by atoms with Crippen LogP contribution in [0.25, 0.3) is 0 Å². The first-order chi connectivity index (χ1) is 16.8. The van der Waals surface area contributed by atoms with Crippen molar-refractivity contribution in [2.24, 2.45) is 5.92 Å². The highest BCUT2D eigenvalue weighted by molar-refractivity contribution is 7.89. The van der Waals surface area contributed by atoms with E-state index in [2.05, 4.69) is 16.5 Å². The molecule has 1 unspecified atom stereocenters. The number of piperidine rings is 1. The molecule has 35 heavy (non-hydrogen) atoms. The highest BCUT2D eigenvalue weighted by atomic mass is 32.2. The lowest BCUT2D eigenvalue weighted by Gasteiger charge is -2.31. The van der Waals surface area contributed by atoms with Gasteiger partial charge in [-0.2, -0.15) is 9.40 Å². The largest absolute Gasteiger partial charge is 0.497 e. The van der Waals surface area contributed by atoms with E-state index in [0.717, 1.165) is 22.5 Å². The van der Waals surface area contributed by atoms with Gasteiger partial charge in [0.25, 0.3) is 0 Å². The zero-order valence-corrected chi connectivity index (χ0v) is 21.2. The summed E-state index contributed by atoms with van der Waals surface area (Å²) in [6.07, 6.45) is 1.31. The molecule has 1 aliphatic heterocycles. The second kappa shape index (κ2) is 10.6. The van der Waals surface area contributed by atoms with Crippen LogP contribution in [-0.4, -0.2) is 48.6 Å². The smallest absolute Gasteiger partial charge is 0.243 e. The van der Waals surface area contributed by atoms with Gasteiger partial charge in [-0.3, -0.25) is 9.48 Å². The van der Waals surface area contributed by atoms with E-state index in [1.807, 2.05) is 42.8 Å². The number of nitrogens with one attached hydrogen (secondary N) is 1. The predicted octanol–water partition coefficient (Wildman–Crippen LogP) is 3.27. The van der Waals surface area contributed by atoms with Gasteiger partial charge in [0.2, 0.25) is 15.9 Å². The van der Waals surface area contributed by atoms with Crippen molar-refractivity contribution in [2.45, 2.75) is 44.7 Å². The molecule has 2 heterocycles. The Labute approximate surface area is 207 Å². The fourth-order valence-electron chi connectivity index (χ4n) is 4.45. The summed E-state index contributed by atoms with van der Waals surface area (Å²) in [5.74, 6) is 0.0945. The predicted molar refractivity (Wildman–Crippen MR) is 134 cm³/mol. The van der Waals surface area contributed by atoms with E-state index in [9.17, 15) is 13.2 Å². The maximum atomic E-state index is 13.1. The number of hydrogen-bond acceptors (Lipinski definition) is 5. The van der Waals surface area contributed by atoms with Crippen molar-refractivity contribution in [3.63, 3.8) is 0 Å². The maximum Gasteiger partial charge on any atom is 0.243 e. The van der Waals surface area contributed by atoms with Crippen molar-refractivity contribution in [2.75, 3.05) is 20.2 Å². The second-order valence-electron chi connectivity index (χ2n) is 9.00. The lowest BCUT2D eigenvalue weighted by molar-refractivity contribution is -0.126. The van der Waals surface area contributed by atoms with Gasteiger partial charge in [-0.05, 0) is 68.1 Å². The Hall–Kier alpha value is -3.17. The number of rotatable bonds is 8. The topological polar surface area (TPSA) is 93.5 Å². The number of aromatic nitrogens is 2. The summed E-state index contributed by atoms with van der Waals surface area (Å²) in [5.41, 5.74) is 4.20. The molecule has 1 fully saturated rings. The van der Waals surface area contributed by atoms with Gasteiger partial charge in [-0.15, -0.1) is 0 Å². The molecule has 0 bridgehead atoms. The minimum Gasteiger partial charge on any atom is -0.497 e. The molecular weight excluding hydrogens is 464 g/mol. The van der Waals surface area contributed by atoms with Gasteiger partial charge < -0.3 is 10.1 Å². The van der Waals surface area contributed by atoms with E-state index in [4.69, 9.17) is 4.74 Å². The minimum absolute atomic E-state index is 0.122. The number of carbonyl (C=O) groups excluding carboxylic acids is 1. The van der Waals surface area contributed by atoms with E-state index in [1.165, 1.54) is 23.5 Å². The van der Waals surface area contributed by atoms with Crippen molar-refractivity contribution >= 4 is 15.9 Å². The van der Waals surface area contributed by atoms with Gasteiger partial charge >= 0.3 is 0 Å². The number of benzene rings is 2. The molecule has 0 radical (unpaired) electrons. The molecule has 9 heteroatoms. The van der Waals surface area contributed by atoms with Gasteiger partial charge in [0.1, 0.15) is 5.75 Å². The SMILES string of the molecule is COc1ccc(S(=O)(=O)N2CCCC(C(=O)NCc3cccc(Cn4nc(C)cc4C)c3)C2)cc1. The Morgan fingerprint density at radius 2 is 1.86 bits per heavy atom. The fraction of sp³-hybridized carbons (Fsp3) is 0.385. The molecule has 1 atom stereocenters. The Bertz CT molecular complexity index is 1280. The van der Waals surface area contributed by atoms with Crippen LogP contribution in [0.4, 0.5) is 0 Å². The summed E-state index contributed by atoms with van der Waals surface area (Å²) in [6.45, 7) is 5.66. The van der Waals surface area contributed by atoms with Crippen LogP contribution in [0, 0.1) is 19.8 Å². The van der Waals surface area contributed by atoms with Gasteiger partial charge in [0.05, 0.1) is 30.2 Å². The van der Waals surface area contributed by atoms with Crippen molar-refractivity contribution in [1.82, 2.24) is 19.4 Å². The van der Waals surface area contributed by atoms with E-state index in [1.54, 1.807) is 12.1 Å². The molecule has 8 nitrogen and oxygen atoms in total. The van der Waals surface area contributed by atoms with Crippen LogP contribution in [-0.2, 0) is 27.9 Å². The summed E-state index contributed by atoms with van der Waals surface area (Å²) in [7, 11) is -2.13. The first-order valence-corrected chi connectivity index (χ1v) is 13.2. The fourth-order valence-corrected chi connectivity index (χ4v) is 5.97. The van der Waals surface area contributed by atoms with Crippen LogP contribution in [0.5, 0.6) is 5.75 Å². The van der Waals surface area contributed by atoms with Crippen LogP contribution >= 0.6 is 0 Å². The average molecular weight is 497 g/mol. The first kappa shape index (κ1) is 24.9. The number of sulfonamides is 1. The quantitative estimate of drug-likeness (QED) is 0.517. The maximum absolute atomic E-state index is 13.1. The van der Waals surface area contributed by atoms with Crippen LogP contribution < -0.4 is 10.1 Å². The molecular formula is C26H32N4O4S. The number of methoxy groups -OCH3 is 1. The molecule has 2 aromatic carbocycles. The van der Waals surface area contributed by atoms with Crippen molar-refractivity contribution in [3.05, 3.63) is 77.1 Å². The van der Waals surface area contributed by atoms with Crippen LogP contribution in [0.15, 0.2) is 59.5 Å². The number of ether oxygens (including phenoxy) is 1. The molecule has 0 spiro atoms. The number of aryl methyl sites for hydroxylation is 2. The standard InChI is InChI=1S/C26H32N4O4S/c1-19-14-20(2)30(28-19)17-22-7-4-6-21(15-22)16-27-26(31)23-8-5-13-29(18-23)35(32,33)25-11-9-24(34-3)10-12-25/h4,6-7,9-12,14-15,23H,5,8,13,16-18H2,1-3H3,(H,27,31). The molecule has 1 amide bonds. The summed E-state index contributed by atoms with van der Waals surface area (Å²) in [4.78, 5) is 13.1. The molecule has 0 saturated carbocycles. The van der Waals surface area contributed by atoms with Crippen molar-refractivity contribution in [3.8, 4) is 5.75 Å². The lowest BCUT2D eigenvalue weighted by Crippen LogP contribution is -2.45. The number of carbonyl (C=O) groups is 1. The van der Waals surface area contributed by atoms with Gasteiger partial charge in [0.15, 0.2) is 0 Å². The number of amides is 1. The van der Waals surface area contributed by atoms with Crippen molar-refractivity contribution < 1.29 is 17.9 Å². The van der Waals surface area contributed by atoms with Gasteiger partial charge in [0, 0.05) is 25.3 Å². The summed E-state index contributed by atoms with van der Waals surface area (Å²) >= 11 is 0. The summed E-state index contributed by atoms with van der Waals surface area (Å²) < 4.78 is 34.7. The average Bonchev–Trinajstić information content (AvgIpc) is 3.19. The third-order valence-corrected chi connectivity index (χ3v) is 8.23. The molecule has 1 aliphatic rings. The van der Waals surface area contributed by atoms with Gasteiger partial charge in [-0.1, -0.05) is 24.3 Å². The van der Waals surface area contributed by atoms with Crippen LogP contribution in [0.2, 0.25) is 0 Å². The molecule has 1 aromatic heterocycles. The van der Waals surface area contributed by atoms with E-state index < -0.39 is 10.0 Å². The molecule has 1 N–H and O–H groups in total. The molecule has 0 aliphatic carbocycles. The van der Waals surface area contributed by atoms with Crippen molar-refractivity contribution in [1.29, 1.82) is 0 Å². The molecule has 1 saturated heterocycles. The normalized spacial score (nSPS) is 16.7. The molecule has 4 rings (SSSR count). The van der Waals surface area contributed by atoms with Crippen LogP contribution in [0.1, 0.15) is 35.4 Å². The Balaban J connectivity index is 1.36. The molecule has 3 aromatic rings. The monoisotopic (exact) mass is 496 g/mol. The van der Waals surface area contributed by atoms with E-state index in [0.29, 0.717) is 38.2 Å². The highest BCUT2D eigenvalue weighted by Gasteiger charge is 2.33. The lowest BCUT2D eigenvalue weighted by atomic mass is 9.98. The first-order valence-electron chi connectivity index (χ1n) is 11.8. The highest BCUT2D eigenvalue weighted by Crippen LogP contribution is 2.25. The Morgan fingerprint density at radius 1 is 1.11 bits per heavy atom. The van der Waals surface area contributed by atoms with E-state index >= 15 is 0 Å². The Kier molecular flexibility index (Phi) is 7.57. The third kappa shape index (κ3) is 5.91.